The highest BCUT2D eigenvalue weighted by Crippen LogP contribution is 2.21. The van der Waals surface area contributed by atoms with Crippen LogP contribution < -0.4 is 10.6 Å². The van der Waals surface area contributed by atoms with Crippen molar-refractivity contribution in [1.29, 1.82) is 0 Å². The minimum Gasteiger partial charge on any atom is -0.387 e. The van der Waals surface area contributed by atoms with Gasteiger partial charge in [-0.1, -0.05) is 6.07 Å². The highest BCUT2D eigenvalue weighted by molar-refractivity contribution is 7.86. The highest BCUT2D eigenvalue weighted by Gasteiger charge is 2.15. The van der Waals surface area contributed by atoms with Crippen LogP contribution in [-0.2, 0) is 16.7 Å². The molecule has 0 atom stereocenters. The molecule has 0 aliphatic carbocycles. The molecule has 5 nitrogen and oxygen atoms in total. The van der Waals surface area contributed by atoms with Crippen LogP contribution in [0, 0.1) is 0 Å². The van der Waals surface area contributed by atoms with Crippen molar-refractivity contribution in [1.82, 2.24) is 5.32 Å². The van der Waals surface area contributed by atoms with Crippen LogP contribution in [0.15, 0.2) is 23.1 Å². The summed E-state index contributed by atoms with van der Waals surface area (Å²) in [4.78, 5) is -0.0993. The van der Waals surface area contributed by atoms with Crippen LogP contribution >= 0.6 is 0 Å². The molecule has 6 heteroatoms. The molecule has 0 radical (unpaired) electrons. The second-order valence-electron chi connectivity index (χ2n) is 3.09. The predicted molar refractivity (Wildman–Crippen MR) is 58.6 cm³/mol. The Morgan fingerprint density at radius 2 is 2.00 bits per heavy atom. The number of hydrogen-bond acceptors (Lipinski definition) is 4. The highest BCUT2D eigenvalue weighted by atomic mass is 32.2. The molecule has 1 rings (SSSR count). The third-order valence-electron chi connectivity index (χ3n) is 1.97. The maximum Gasteiger partial charge on any atom is 0.296 e. The molecule has 0 bridgehead atoms. The molecule has 84 valence electrons. The average molecular weight is 230 g/mol. The summed E-state index contributed by atoms with van der Waals surface area (Å²) in [5, 5.41) is 5.62. The maximum atomic E-state index is 11.1. The van der Waals surface area contributed by atoms with E-state index in [1.54, 1.807) is 26.2 Å². The maximum absolute atomic E-state index is 11.1. The summed E-state index contributed by atoms with van der Waals surface area (Å²) in [6.45, 7) is 0.548. The molecule has 0 amide bonds. The molecule has 0 aliphatic rings. The molecule has 1 aromatic carbocycles. The summed E-state index contributed by atoms with van der Waals surface area (Å²) in [6.07, 6.45) is 0. The van der Waals surface area contributed by atoms with E-state index in [1.807, 2.05) is 0 Å². The Hall–Kier alpha value is -1.11. The van der Waals surface area contributed by atoms with Crippen molar-refractivity contribution >= 4 is 15.8 Å². The fourth-order valence-corrected chi connectivity index (χ4v) is 2.05. The second-order valence-corrected chi connectivity index (χ2v) is 4.48. The largest absolute Gasteiger partial charge is 0.387 e. The van der Waals surface area contributed by atoms with Gasteiger partial charge >= 0.3 is 0 Å². The van der Waals surface area contributed by atoms with Crippen molar-refractivity contribution in [2.24, 2.45) is 0 Å². The monoisotopic (exact) mass is 230 g/mol. The van der Waals surface area contributed by atoms with Crippen LogP contribution in [0.4, 0.5) is 5.69 Å². The normalized spacial score (nSPS) is 11.4. The quantitative estimate of drug-likeness (QED) is 0.663. The molecule has 0 saturated heterocycles. The number of hydrogen-bond donors (Lipinski definition) is 3. The molecular formula is C9H14N2O3S. The zero-order valence-corrected chi connectivity index (χ0v) is 9.43. The van der Waals surface area contributed by atoms with Crippen LogP contribution in [0.25, 0.3) is 0 Å². The first-order valence-corrected chi connectivity index (χ1v) is 5.86. The number of rotatable bonds is 4. The first-order valence-electron chi connectivity index (χ1n) is 4.42. The van der Waals surface area contributed by atoms with E-state index in [0.717, 1.165) is 5.56 Å². The molecule has 0 unspecified atom stereocenters. The lowest BCUT2D eigenvalue weighted by atomic mass is 10.2. The Morgan fingerprint density at radius 1 is 1.33 bits per heavy atom. The van der Waals surface area contributed by atoms with Crippen molar-refractivity contribution in [3.63, 3.8) is 0 Å². The van der Waals surface area contributed by atoms with Crippen LogP contribution in [0.3, 0.4) is 0 Å². The van der Waals surface area contributed by atoms with Gasteiger partial charge in [-0.2, -0.15) is 8.42 Å². The zero-order chi connectivity index (χ0) is 11.5. The van der Waals surface area contributed by atoms with Crippen molar-refractivity contribution in [2.75, 3.05) is 19.4 Å². The minimum absolute atomic E-state index is 0.0993. The number of benzene rings is 1. The minimum atomic E-state index is -4.18. The van der Waals surface area contributed by atoms with E-state index in [9.17, 15) is 8.42 Å². The molecule has 0 fully saturated rings. The lowest BCUT2D eigenvalue weighted by Crippen LogP contribution is -2.08. The standard InChI is InChI=1S/C9H14N2O3S/c1-10-6-7-3-4-8(11-2)9(5-7)15(12,13)14/h3-5,10-11H,6H2,1-2H3,(H,12,13,14). The van der Waals surface area contributed by atoms with Gasteiger partial charge in [0.2, 0.25) is 0 Å². The summed E-state index contributed by atoms with van der Waals surface area (Å²) in [6, 6.07) is 4.85. The van der Waals surface area contributed by atoms with E-state index in [-0.39, 0.29) is 4.90 Å². The molecule has 0 aliphatic heterocycles. The number of nitrogens with one attached hydrogen (secondary N) is 2. The van der Waals surface area contributed by atoms with Gasteiger partial charge in [0.1, 0.15) is 4.90 Å². The third-order valence-corrected chi connectivity index (χ3v) is 2.87. The summed E-state index contributed by atoms with van der Waals surface area (Å²) in [5.41, 5.74) is 1.18. The van der Waals surface area contributed by atoms with Gasteiger partial charge in [0.15, 0.2) is 0 Å². The Balaban J connectivity index is 3.26. The van der Waals surface area contributed by atoms with Gasteiger partial charge in [-0.3, -0.25) is 4.55 Å². The van der Waals surface area contributed by atoms with Gasteiger partial charge in [0, 0.05) is 13.6 Å². The van der Waals surface area contributed by atoms with Crippen molar-refractivity contribution in [2.45, 2.75) is 11.4 Å². The van der Waals surface area contributed by atoms with E-state index in [4.69, 9.17) is 4.55 Å². The van der Waals surface area contributed by atoms with Gasteiger partial charge in [0.25, 0.3) is 10.1 Å². The van der Waals surface area contributed by atoms with E-state index in [1.165, 1.54) is 6.07 Å². The van der Waals surface area contributed by atoms with Crippen molar-refractivity contribution in [3.8, 4) is 0 Å². The molecule has 0 aromatic heterocycles. The molecule has 0 spiro atoms. The first-order chi connectivity index (χ1) is 6.99. The second kappa shape index (κ2) is 4.61. The molecule has 3 N–H and O–H groups in total. The molecular weight excluding hydrogens is 216 g/mol. The predicted octanol–water partition coefficient (Wildman–Crippen LogP) is 0.694. The summed E-state index contributed by atoms with van der Waals surface area (Å²) < 4.78 is 31.1. The van der Waals surface area contributed by atoms with Crippen LogP contribution in [0.1, 0.15) is 5.56 Å². The first kappa shape index (κ1) is 12.0. The Bertz CT molecular complexity index is 443. The van der Waals surface area contributed by atoms with Gasteiger partial charge < -0.3 is 10.6 Å². The average Bonchev–Trinajstić information content (AvgIpc) is 2.17. The van der Waals surface area contributed by atoms with Gasteiger partial charge in [0.05, 0.1) is 5.69 Å². The molecule has 0 saturated carbocycles. The van der Waals surface area contributed by atoms with Crippen molar-refractivity contribution in [3.05, 3.63) is 23.8 Å². The molecule has 0 heterocycles. The van der Waals surface area contributed by atoms with Gasteiger partial charge in [-0.05, 0) is 24.7 Å². The summed E-state index contributed by atoms with van der Waals surface area (Å²) in [5.74, 6) is 0. The van der Waals surface area contributed by atoms with Crippen LogP contribution in [-0.4, -0.2) is 27.1 Å². The van der Waals surface area contributed by atoms with E-state index in [2.05, 4.69) is 10.6 Å². The van der Waals surface area contributed by atoms with Crippen LogP contribution in [0.2, 0.25) is 0 Å². The topological polar surface area (TPSA) is 78.4 Å². The van der Waals surface area contributed by atoms with Crippen molar-refractivity contribution < 1.29 is 13.0 Å². The Kier molecular flexibility index (Phi) is 3.67. The fraction of sp³-hybridized carbons (Fsp3) is 0.333. The van der Waals surface area contributed by atoms with E-state index >= 15 is 0 Å². The number of anilines is 1. The Labute approximate surface area is 89.3 Å². The third kappa shape index (κ3) is 2.92. The zero-order valence-electron chi connectivity index (χ0n) is 8.61. The van der Waals surface area contributed by atoms with Gasteiger partial charge in [-0.15, -0.1) is 0 Å². The van der Waals surface area contributed by atoms with Crippen LogP contribution in [0.5, 0.6) is 0 Å². The molecule has 15 heavy (non-hydrogen) atoms. The molecule has 1 aromatic rings. The van der Waals surface area contributed by atoms with E-state index in [0.29, 0.717) is 12.2 Å². The smallest absolute Gasteiger partial charge is 0.296 e. The van der Waals surface area contributed by atoms with Gasteiger partial charge in [-0.25, -0.2) is 0 Å². The fourth-order valence-electron chi connectivity index (χ4n) is 1.30. The summed E-state index contributed by atoms with van der Waals surface area (Å²) in [7, 11) is -0.815. The Morgan fingerprint density at radius 3 is 2.47 bits per heavy atom. The lowest BCUT2D eigenvalue weighted by Gasteiger charge is -2.08. The lowest BCUT2D eigenvalue weighted by molar-refractivity contribution is 0.483. The van der Waals surface area contributed by atoms with E-state index < -0.39 is 10.1 Å². The summed E-state index contributed by atoms with van der Waals surface area (Å²) >= 11 is 0. The SMILES string of the molecule is CNCc1ccc(NC)c(S(=O)(=O)O)c1.